The highest BCUT2D eigenvalue weighted by molar-refractivity contribution is 5.93. The van der Waals surface area contributed by atoms with E-state index in [0.29, 0.717) is 17.6 Å². The number of hydrogen-bond donors (Lipinski definition) is 2. The van der Waals surface area contributed by atoms with Crippen molar-refractivity contribution in [1.29, 1.82) is 0 Å². The van der Waals surface area contributed by atoms with Gasteiger partial charge in [-0.25, -0.2) is 9.97 Å². The average molecular weight is 282 g/mol. The van der Waals surface area contributed by atoms with Crippen LogP contribution in [0, 0.1) is 13.8 Å². The van der Waals surface area contributed by atoms with Gasteiger partial charge >= 0.3 is 0 Å². The van der Waals surface area contributed by atoms with Gasteiger partial charge in [0.15, 0.2) is 0 Å². The van der Waals surface area contributed by atoms with Crippen molar-refractivity contribution in [2.24, 2.45) is 0 Å². The summed E-state index contributed by atoms with van der Waals surface area (Å²) < 4.78 is 0. The Hall–Kier alpha value is -2.43. The van der Waals surface area contributed by atoms with E-state index in [4.69, 9.17) is 0 Å². The van der Waals surface area contributed by atoms with Gasteiger partial charge in [-0.05, 0) is 49.9 Å². The summed E-state index contributed by atoms with van der Waals surface area (Å²) in [5.74, 6) is 0.485. The van der Waals surface area contributed by atoms with Gasteiger partial charge in [0.25, 0.3) is 5.91 Å². The van der Waals surface area contributed by atoms with Crippen LogP contribution in [-0.4, -0.2) is 21.9 Å². The van der Waals surface area contributed by atoms with E-state index in [1.54, 1.807) is 6.07 Å². The highest BCUT2D eigenvalue weighted by atomic mass is 16.2. The first-order chi connectivity index (χ1) is 10.1. The molecule has 0 spiro atoms. The van der Waals surface area contributed by atoms with Crippen LogP contribution in [-0.2, 0) is 0 Å². The smallest absolute Gasteiger partial charge is 0.270 e. The molecule has 2 aromatic rings. The highest BCUT2D eigenvalue weighted by Crippen LogP contribution is 2.20. The summed E-state index contributed by atoms with van der Waals surface area (Å²) in [5, 5.41) is 6.14. The van der Waals surface area contributed by atoms with Gasteiger partial charge in [-0.3, -0.25) is 4.79 Å². The molecule has 0 atom stereocenters. The lowest BCUT2D eigenvalue weighted by atomic mass is 10.1. The quantitative estimate of drug-likeness (QED) is 0.905. The van der Waals surface area contributed by atoms with E-state index in [-0.39, 0.29) is 5.91 Å². The third-order valence-corrected chi connectivity index (χ3v) is 3.31. The van der Waals surface area contributed by atoms with Crippen LogP contribution >= 0.6 is 0 Å². The SMILES string of the molecule is Cc1cc(C)cc(Nc2cc(C(=O)NC3CC3)ncn2)c1. The van der Waals surface area contributed by atoms with Gasteiger partial charge in [0, 0.05) is 17.8 Å². The first kappa shape index (κ1) is 13.5. The van der Waals surface area contributed by atoms with Gasteiger partial charge < -0.3 is 10.6 Å². The van der Waals surface area contributed by atoms with E-state index in [2.05, 4.69) is 26.7 Å². The molecule has 3 rings (SSSR count). The molecule has 0 aliphatic heterocycles. The lowest BCUT2D eigenvalue weighted by molar-refractivity contribution is 0.0946. The van der Waals surface area contributed by atoms with Crippen molar-refractivity contribution in [3.05, 3.63) is 47.4 Å². The van der Waals surface area contributed by atoms with Crippen molar-refractivity contribution in [3.63, 3.8) is 0 Å². The monoisotopic (exact) mass is 282 g/mol. The van der Waals surface area contributed by atoms with Gasteiger partial charge in [-0.15, -0.1) is 0 Å². The molecule has 1 amide bonds. The molecule has 1 heterocycles. The largest absolute Gasteiger partial charge is 0.348 e. The molecule has 1 fully saturated rings. The van der Waals surface area contributed by atoms with Gasteiger partial charge in [0.2, 0.25) is 0 Å². The molecule has 5 heteroatoms. The number of carbonyl (C=O) groups excluding carboxylic acids is 1. The van der Waals surface area contributed by atoms with Crippen molar-refractivity contribution in [2.75, 3.05) is 5.32 Å². The van der Waals surface area contributed by atoms with E-state index in [1.807, 2.05) is 26.0 Å². The Labute approximate surface area is 123 Å². The van der Waals surface area contributed by atoms with E-state index < -0.39 is 0 Å². The number of anilines is 2. The molecule has 0 unspecified atom stereocenters. The molecule has 0 radical (unpaired) electrons. The normalized spacial score (nSPS) is 13.8. The maximum absolute atomic E-state index is 12.0. The fraction of sp³-hybridized carbons (Fsp3) is 0.312. The molecular weight excluding hydrogens is 264 g/mol. The van der Waals surface area contributed by atoms with Gasteiger partial charge in [-0.1, -0.05) is 6.07 Å². The Bertz CT molecular complexity index is 659. The molecular formula is C16H18N4O. The molecule has 1 aromatic heterocycles. The Morgan fingerprint density at radius 1 is 1.10 bits per heavy atom. The minimum absolute atomic E-state index is 0.136. The van der Waals surface area contributed by atoms with Crippen LogP contribution in [0.2, 0.25) is 0 Å². The van der Waals surface area contributed by atoms with Crippen molar-refractivity contribution >= 4 is 17.4 Å². The number of nitrogens with one attached hydrogen (secondary N) is 2. The summed E-state index contributed by atoms with van der Waals surface area (Å²) in [6, 6.07) is 8.19. The second-order valence-corrected chi connectivity index (χ2v) is 5.54. The zero-order chi connectivity index (χ0) is 14.8. The predicted octanol–water partition coefficient (Wildman–Crippen LogP) is 2.73. The maximum Gasteiger partial charge on any atom is 0.270 e. The first-order valence-electron chi connectivity index (χ1n) is 7.08. The second kappa shape index (κ2) is 5.52. The van der Waals surface area contributed by atoms with Crippen LogP contribution in [0.5, 0.6) is 0 Å². The van der Waals surface area contributed by atoms with Crippen LogP contribution in [0.15, 0.2) is 30.6 Å². The Morgan fingerprint density at radius 3 is 2.48 bits per heavy atom. The van der Waals surface area contributed by atoms with Gasteiger partial charge in [-0.2, -0.15) is 0 Å². The fourth-order valence-corrected chi connectivity index (χ4v) is 2.23. The lowest BCUT2D eigenvalue weighted by Gasteiger charge is -2.09. The predicted molar refractivity (Wildman–Crippen MR) is 81.7 cm³/mol. The molecule has 0 bridgehead atoms. The molecule has 0 saturated heterocycles. The van der Waals surface area contributed by atoms with Crippen molar-refractivity contribution in [2.45, 2.75) is 32.7 Å². The molecule has 1 aliphatic rings. The molecule has 1 aliphatic carbocycles. The summed E-state index contributed by atoms with van der Waals surface area (Å²) in [6.07, 6.45) is 3.53. The summed E-state index contributed by atoms with van der Waals surface area (Å²) in [7, 11) is 0. The number of amides is 1. The lowest BCUT2D eigenvalue weighted by Crippen LogP contribution is -2.26. The number of hydrogen-bond acceptors (Lipinski definition) is 4. The van der Waals surface area contributed by atoms with Crippen LogP contribution in [0.3, 0.4) is 0 Å². The third-order valence-electron chi connectivity index (χ3n) is 3.31. The number of nitrogens with zero attached hydrogens (tertiary/aromatic N) is 2. The van der Waals surface area contributed by atoms with Gasteiger partial charge in [0.1, 0.15) is 17.8 Å². The minimum Gasteiger partial charge on any atom is -0.348 e. The molecule has 21 heavy (non-hydrogen) atoms. The number of rotatable bonds is 4. The Kier molecular flexibility index (Phi) is 3.56. The van der Waals surface area contributed by atoms with E-state index in [9.17, 15) is 4.79 Å². The Morgan fingerprint density at radius 2 is 1.81 bits per heavy atom. The Balaban J connectivity index is 1.77. The average Bonchev–Trinajstić information content (AvgIpc) is 3.21. The van der Waals surface area contributed by atoms with E-state index in [0.717, 1.165) is 18.5 Å². The number of aromatic nitrogens is 2. The second-order valence-electron chi connectivity index (χ2n) is 5.54. The molecule has 2 N–H and O–H groups in total. The summed E-state index contributed by atoms with van der Waals surface area (Å²) in [4.78, 5) is 20.2. The zero-order valence-electron chi connectivity index (χ0n) is 12.2. The van der Waals surface area contributed by atoms with Crippen LogP contribution in [0.1, 0.15) is 34.5 Å². The maximum atomic E-state index is 12.0. The summed E-state index contributed by atoms with van der Waals surface area (Å²) in [5.41, 5.74) is 3.71. The van der Waals surface area contributed by atoms with Gasteiger partial charge in [0.05, 0.1) is 0 Å². The van der Waals surface area contributed by atoms with Crippen molar-refractivity contribution < 1.29 is 4.79 Å². The molecule has 108 valence electrons. The number of carbonyl (C=O) groups is 1. The number of benzene rings is 1. The topological polar surface area (TPSA) is 66.9 Å². The summed E-state index contributed by atoms with van der Waals surface area (Å²) >= 11 is 0. The highest BCUT2D eigenvalue weighted by Gasteiger charge is 2.24. The van der Waals surface area contributed by atoms with Crippen LogP contribution < -0.4 is 10.6 Å². The van der Waals surface area contributed by atoms with Crippen LogP contribution in [0.4, 0.5) is 11.5 Å². The molecule has 1 aromatic carbocycles. The minimum atomic E-state index is -0.136. The third kappa shape index (κ3) is 3.56. The first-order valence-corrected chi connectivity index (χ1v) is 7.08. The number of aryl methyl sites for hydroxylation is 2. The molecule has 1 saturated carbocycles. The summed E-state index contributed by atoms with van der Waals surface area (Å²) in [6.45, 7) is 4.10. The van der Waals surface area contributed by atoms with E-state index in [1.165, 1.54) is 17.5 Å². The fourth-order valence-electron chi connectivity index (χ4n) is 2.23. The van der Waals surface area contributed by atoms with E-state index >= 15 is 0 Å². The standard InChI is InChI=1S/C16H18N4O/c1-10-5-11(2)7-13(6-10)19-15-8-14(17-9-18-15)16(21)20-12-3-4-12/h5-9,12H,3-4H2,1-2H3,(H,20,21)(H,17,18,19). The van der Waals surface area contributed by atoms with Crippen molar-refractivity contribution in [1.82, 2.24) is 15.3 Å². The van der Waals surface area contributed by atoms with Crippen LogP contribution in [0.25, 0.3) is 0 Å². The van der Waals surface area contributed by atoms with Crippen molar-refractivity contribution in [3.8, 4) is 0 Å². The zero-order valence-corrected chi connectivity index (χ0v) is 12.2. The molecule has 5 nitrogen and oxygen atoms in total.